The lowest BCUT2D eigenvalue weighted by atomic mass is 10.1. The zero-order chi connectivity index (χ0) is 23.6. The Hall–Kier alpha value is -2.48. The van der Waals surface area contributed by atoms with Crippen LogP contribution in [0.15, 0.2) is 41.4 Å². The standard InChI is InChI=1S/C24H34N2O5S/c1-3-5-9-15-26(16-10-6-4-2)24(29)20(17-23(27)28)18-32(30,31)22-14-13-19-11-7-8-12-21(19)25-22/h7-8,11-14,20H,3-6,9-10,15-18H2,1-2H3,(H,27,28). The SMILES string of the molecule is CCCCCN(CCCCC)C(=O)C(CC(=O)O)CS(=O)(=O)c1ccc2ccccc2n1. The van der Waals surface area contributed by atoms with Crippen molar-refractivity contribution in [3.8, 4) is 0 Å². The van der Waals surface area contributed by atoms with Crippen LogP contribution in [0.3, 0.4) is 0 Å². The summed E-state index contributed by atoms with van der Waals surface area (Å²) >= 11 is 0. The van der Waals surface area contributed by atoms with Crippen molar-refractivity contribution in [2.45, 2.75) is 63.8 Å². The van der Waals surface area contributed by atoms with Gasteiger partial charge in [0, 0.05) is 18.5 Å². The van der Waals surface area contributed by atoms with Crippen LogP contribution < -0.4 is 0 Å². The van der Waals surface area contributed by atoms with E-state index in [1.54, 1.807) is 23.1 Å². The molecule has 8 heteroatoms. The summed E-state index contributed by atoms with van der Waals surface area (Å²) in [5.74, 6) is -3.30. The summed E-state index contributed by atoms with van der Waals surface area (Å²) in [7, 11) is -3.95. The second-order valence-electron chi connectivity index (χ2n) is 8.16. The Kier molecular flexibility index (Phi) is 10.1. The topological polar surface area (TPSA) is 105 Å². The molecule has 0 spiro atoms. The second kappa shape index (κ2) is 12.5. The van der Waals surface area contributed by atoms with Crippen LogP contribution in [-0.2, 0) is 19.4 Å². The van der Waals surface area contributed by atoms with E-state index in [2.05, 4.69) is 18.8 Å². The fraction of sp³-hybridized carbons (Fsp3) is 0.542. The summed E-state index contributed by atoms with van der Waals surface area (Å²) < 4.78 is 26.2. The molecule has 0 bridgehead atoms. The van der Waals surface area contributed by atoms with Gasteiger partial charge in [-0.1, -0.05) is 57.7 Å². The number of aromatic nitrogens is 1. The molecule has 0 aliphatic rings. The number of carbonyl (C=O) groups is 2. The molecule has 1 aromatic carbocycles. The number of sulfone groups is 1. The number of amides is 1. The van der Waals surface area contributed by atoms with Gasteiger partial charge in [-0.05, 0) is 31.0 Å². The van der Waals surface area contributed by atoms with E-state index in [1.807, 2.05) is 12.1 Å². The van der Waals surface area contributed by atoms with Gasteiger partial charge in [0.05, 0.1) is 23.6 Å². The number of hydrogen-bond acceptors (Lipinski definition) is 5. The van der Waals surface area contributed by atoms with E-state index in [0.29, 0.717) is 18.6 Å². The minimum atomic E-state index is -3.95. The van der Waals surface area contributed by atoms with Gasteiger partial charge in [0.1, 0.15) is 0 Å². The van der Waals surface area contributed by atoms with E-state index < -0.39 is 39.8 Å². The summed E-state index contributed by atoms with van der Waals surface area (Å²) in [6, 6.07) is 10.3. The van der Waals surface area contributed by atoms with Gasteiger partial charge in [0.25, 0.3) is 0 Å². The van der Waals surface area contributed by atoms with E-state index in [4.69, 9.17) is 0 Å². The van der Waals surface area contributed by atoms with Crippen LogP contribution in [0.5, 0.6) is 0 Å². The van der Waals surface area contributed by atoms with Crippen molar-refractivity contribution >= 4 is 32.6 Å². The highest BCUT2D eigenvalue weighted by Crippen LogP contribution is 2.21. The first-order chi connectivity index (χ1) is 15.3. The second-order valence-corrected chi connectivity index (χ2v) is 10.1. The molecule has 0 aliphatic heterocycles. The molecule has 1 heterocycles. The summed E-state index contributed by atoms with van der Waals surface area (Å²) in [6.07, 6.45) is 5.01. The largest absolute Gasteiger partial charge is 0.481 e. The molecular weight excluding hydrogens is 428 g/mol. The number of benzene rings is 1. The predicted octanol–water partition coefficient (Wildman–Crippen LogP) is 4.31. The zero-order valence-corrected chi connectivity index (χ0v) is 19.8. The molecule has 7 nitrogen and oxygen atoms in total. The van der Waals surface area contributed by atoms with Gasteiger partial charge in [-0.15, -0.1) is 0 Å². The van der Waals surface area contributed by atoms with Gasteiger partial charge in [-0.25, -0.2) is 13.4 Å². The average molecular weight is 463 g/mol. The Balaban J connectivity index is 2.26. The van der Waals surface area contributed by atoms with Crippen LogP contribution in [0.2, 0.25) is 0 Å². The van der Waals surface area contributed by atoms with Crippen LogP contribution in [0.1, 0.15) is 58.8 Å². The summed E-state index contributed by atoms with van der Waals surface area (Å²) in [6.45, 7) is 5.17. The number of para-hydroxylation sites is 1. The normalized spacial score (nSPS) is 12.6. The quantitative estimate of drug-likeness (QED) is 0.420. The maximum atomic E-state index is 13.3. The van der Waals surface area contributed by atoms with E-state index in [0.717, 1.165) is 43.9 Å². The van der Waals surface area contributed by atoms with E-state index in [-0.39, 0.29) is 5.03 Å². The molecule has 1 N–H and O–H groups in total. The predicted molar refractivity (Wildman–Crippen MR) is 125 cm³/mol. The van der Waals surface area contributed by atoms with Crippen molar-refractivity contribution in [3.05, 3.63) is 36.4 Å². The maximum Gasteiger partial charge on any atom is 0.304 e. The molecule has 32 heavy (non-hydrogen) atoms. The summed E-state index contributed by atoms with van der Waals surface area (Å²) in [4.78, 5) is 30.6. The van der Waals surface area contributed by atoms with Crippen LogP contribution in [0, 0.1) is 5.92 Å². The van der Waals surface area contributed by atoms with E-state index >= 15 is 0 Å². The molecule has 1 amide bonds. The van der Waals surface area contributed by atoms with Gasteiger partial charge in [-0.3, -0.25) is 9.59 Å². The minimum Gasteiger partial charge on any atom is -0.481 e. The number of pyridine rings is 1. The molecule has 1 unspecified atom stereocenters. The van der Waals surface area contributed by atoms with Gasteiger partial charge >= 0.3 is 5.97 Å². The van der Waals surface area contributed by atoms with Crippen LogP contribution >= 0.6 is 0 Å². The number of carboxylic acid groups (broad SMARTS) is 1. The first-order valence-corrected chi connectivity index (χ1v) is 13.0. The van der Waals surface area contributed by atoms with Crippen LogP contribution in [0.25, 0.3) is 10.9 Å². The molecule has 0 saturated carbocycles. The highest BCUT2D eigenvalue weighted by molar-refractivity contribution is 7.91. The minimum absolute atomic E-state index is 0.136. The number of carbonyl (C=O) groups excluding carboxylic acids is 1. The van der Waals surface area contributed by atoms with Gasteiger partial charge < -0.3 is 10.0 Å². The molecule has 176 valence electrons. The molecule has 0 radical (unpaired) electrons. The fourth-order valence-corrected chi connectivity index (χ4v) is 5.17. The molecule has 0 fully saturated rings. The number of nitrogens with zero attached hydrogens (tertiary/aromatic N) is 2. The third-order valence-corrected chi connectivity index (χ3v) is 7.16. The Morgan fingerprint density at radius 2 is 1.59 bits per heavy atom. The monoisotopic (exact) mass is 462 g/mol. The molecule has 2 rings (SSSR count). The molecule has 0 saturated heterocycles. The van der Waals surface area contributed by atoms with Crippen molar-refractivity contribution in [3.63, 3.8) is 0 Å². The maximum absolute atomic E-state index is 13.3. The molecular formula is C24H34N2O5S. The number of aliphatic carboxylic acids is 1. The Bertz CT molecular complexity index is 996. The van der Waals surface area contributed by atoms with Crippen molar-refractivity contribution in [2.24, 2.45) is 5.92 Å². The third-order valence-electron chi connectivity index (χ3n) is 5.46. The highest BCUT2D eigenvalue weighted by Gasteiger charge is 2.32. The molecule has 0 aliphatic carbocycles. The van der Waals surface area contributed by atoms with Crippen molar-refractivity contribution in [1.29, 1.82) is 0 Å². The number of rotatable bonds is 14. The summed E-state index contributed by atoms with van der Waals surface area (Å²) in [5, 5.41) is 10.0. The Morgan fingerprint density at radius 1 is 0.969 bits per heavy atom. The van der Waals surface area contributed by atoms with Gasteiger partial charge in [0.15, 0.2) is 14.9 Å². The highest BCUT2D eigenvalue weighted by atomic mass is 32.2. The zero-order valence-electron chi connectivity index (χ0n) is 19.0. The number of unbranched alkanes of at least 4 members (excludes halogenated alkanes) is 4. The lowest BCUT2D eigenvalue weighted by Crippen LogP contribution is -2.41. The lowest BCUT2D eigenvalue weighted by Gasteiger charge is -2.27. The first-order valence-electron chi connectivity index (χ1n) is 11.4. The first kappa shape index (κ1) is 25.8. The molecule has 1 atom stereocenters. The van der Waals surface area contributed by atoms with Gasteiger partial charge in [0.2, 0.25) is 5.91 Å². The smallest absolute Gasteiger partial charge is 0.304 e. The van der Waals surface area contributed by atoms with Crippen LogP contribution in [0.4, 0.5) is 0 Å². The number of fused-ring (bicyclic) bond motifs is 1. The van der Waals surface area contributed by atoms with Crippen molar-refractivity contribution in [2.75, 3.05) is 18.8 Å². The third kappa shape index (κ3) is 7.58. The lowest BCUT2D eigenvalue weighted by molar-refractivity contribution is -0.144. The number of hydrogen-bond donors (Lipinski definition) is 1. The van der Waals surface area contributed by atoms with Crippen molar-refractivity contribution in [1.82, 2.24) is 9.88 Å². The molecule has 2 aromatic rings. The Morgan fingerprint density at radius 3 is 2.19 bits per heavy atom. The average Bonchev–Trinajstić information content (AvgIpc) is 2.76. The van der Waals surface area contributed by atoms with Crippen LogP contribution in [-0.4, -0.2) is 54.1 Å². The summed E-state index contributed by atoms with van der Waals surface area (Å²) in [5.41, 5.74) is 0.537. The van der Waals surface area contributed by atoms with Crippen molar-refractivity contribution < 1.29 is 23.1 Å². The van der Waals surface area contributed by atoms with E-state index in [1.165, 1.54) is 6.07 Å². The number of carboxylic acids is 1. The fourth-order valence-electron chi connectivity index (χ4n) is 3.69. The molecule has 1 aromatic heterocycles. The van der Waals surface area contributed by atoms with Gasteiger partial charge in [-0.2, -0.15) is 0 Å². The Labute approximate surface area is 190 Å². The van der Waals surface area contributed by atoms with E-state index in [9.17, 15) is 23.1 Å².